The van der Waals surface area contributed by atoms with Gasteiger partial charge in [-0.1, -0.05) is 0 Å². The number of carboxylic acids is 1. The van der Waals surface area contributed by atoms with Crippen LogP contribution >= 0.6 is 0 Å². The Labute approximate surface area is 140 Å². The zero-order valence-electron chi connectivity index (χ0n) is 13.0. The van der Waals surface area contributed by atoms with E-state index in [2.05, 4.69) is 10.3 Å². The Bertz CT molecular complexity index is 931. The molecule has 3 rings (SSSR count). The number of halogens is 3. The van der Waals surface area contributed by atoms with Gasteiger partial charge >= 0.3 is 12.1 Å². The van der Waals surface area contributed by atoms with Gasteiger partial charge in [-0.15, -0.1) is 0 Å². The van der Waals surface area contributed by atoms with E-state index in [1.807, 2.05) is 0 Å². The minimum absolute atomic E-state index is 0.0412. The van der Waals surface area contributed by atoms with Crippen molar-refractivity contribution in [2.75, 3.05) is 7.05 Å². The van der Waals surface area contributed by atoms with Crippen molar-refractivity contribution in [1.29, 1.82) is 0 Å². The second kappa shape index (κ2) is 6.21. The fourth-order valence-corrected chi connectivity index (χ4v) is 2.52. The zero-order valence-corrected chi connectivity index (χ0v) is 13.0. The van der Waals surface area contributed by atoms with Gasteiger partial charge in [0.15, 0.2) is 0 Å². The number of nitrogens with zero attached hydrogens (tertiary/aromatic N) is 1. The Morgan fingerprint density at radius 3 is 2.60 bits per heavy atom. The molecule has 0 unspecified atom stereocenters. The summed E-state index contributed by atoms with van der Waals surface area (Å²) in [5.74, 6) is -0.772. The molecule has 1 aromatic carbocycles. The minimum atomic E-state index is -4.59. The molecule has 2 N–H and O–H groups in total. The molecule has 25 heavy (non-hydrogen) atoms. The second-order valence-corrected chi connectivity index (χ2v) is 5.42. The molecule has 5 nitrogen and oxygen atoms in total. The van der Waals surface area contributed by atoms with E-state index in [9.17, 15) is 18.0 Å². The lowest BCUT2D eigenvalue weighted by atomic mass is 10.0. The average molecular weight is 350 g/mol. The van der Waals surface area contributed by atoms with Crippen LogP contribution in [0.25, 0.3) is 22.2 Å². The van der Waals surface area contributed by atoms with Crippen LogP contribution in [0.5, 0.6) is 0 Å². The number of hydrogen-bond acceptors (Lipinski definition) is 4. The second-order valence-electron chi connectivity index (χ2n) is 5.42. The number of carbonyl (C=O) groups is 1. The lowest BCUT2D eigenvalue weighted by Gasteiger charge is -2.10. The molecular formula is C17H13F3N2O3. The normalized spacial score (nSPS) is 11.8. The van der Waals surface area contributed by atoms with Crippen molar-refractivity contribution in [2.24, 2.45) is 0 Å². The summed E-state index contributed by atoms with van der Waals surface area (Å²) in [5, 5.41) is 12.0. The Balaban J connectivity index is 2.16. The Hall–Kier alpha value is -2.87. The summed E-state index contributed by atoms with van der Waals surface area (Å²) in [6.07, 6.45) is -3.49. The molecular weight excluding hydrogens is 337 g/mol. The molecule has 130 valence electrons. The zero-order chi connectivity index (χ0) is 18.2. The standard InChI is InChI=1S/C17H13F3N2O3/c1-21-8-12-5-11-4-10(6-13(15(11)25-12)17(18,19)20)14-3-2-9(7-22-14)16(23)24/h2-7,21H,8H2,1H3,(H,23,24). The molecule has 0 aliphatic carbocycles. The van der Waals surface area contributed by atoms with Gasteiger partial charge in [0.25, 0.3) is 0 Å². The molecule has 0 atom stereocenters. The summed E-state index contributed by atoms with van der Waals surface area (Å²) in [6.45, 7) is 0.298. The molecule has 3 aromatic rings. The van der Waals surface area contributed by atoms with Gasteiger partial charge in [-0.3, -0.25) is 4.98 Å². The van der Waals surface area contributed by atoms with Crippen molar-refractivity contribution in [3.05, 3.63) is 53.4 Å². The highest BCUT2D eigenvalue weighted by Crippen LogP contribution is 2.39. The third-order valence-electron chi connectivity index (χ3n) is 3.63. The van der Waals surface area contributed by atoms with Crippen molar-refractivity contribution in [3.8, 4) is 11.3 Å². The number of aromatic carboxylic acids is 1. The first-order valence-electron chi connectivity index (χ1n) is 7.27. The van der Waals surface area contributed by atoms with Crippen LogP contribution in [-0.4, -0.2) is 23.1 Å². The van der Waals surface area contributed by atoms with E-state index in [1.54, 1.807) is 7.05 Å². The van der Waals surface area contributed by atoms with E-state index in [1.165, 1.54) is 24.3 Å². The fourth-order valence-electron chi connectivity index (χ4n) is 2.52. The molecule has 0 spiro atoms. The molecule has 0 radical (unpaired) electrons. The summed E-state index contributed by atoms with van der Waals surface area (Å²) < 4.78 is 45.5. The summed E-state index contributed by atoms with van der Waals surface area (Å²) >= 11 is 0. The van der Waals surface area contributed by atoms with Gasteiger partial charge in [0.05, 0.1) is 23.4 Å². The highest BCUT2D eigenvalue weighted by molar-refractivity contribution is 5.89. The van der Waals surface area contributed by atoms with E-state index < -0.39 is 17.7 Å². The summed E-state index contributed by atoms with van der Waals surface area (Å²) in [7, 11) is 1.66. The number of rotatable bonds is 4. The summed E-state index contributed by atoms with van der Waals surface area (Å²) in [5.41, 5.74) is -0.696. The fraction of sp³-hybridized carbons (Fsp3) is 0.176. The van der Waals surface area contributed by atoms with Gasteiger partial charge in [-0.05, 0) is 37.4 Å². The van der Waals surface area contributed by atoms with Crippen molar-refractivity contribution in [3.63, 3.8) is 0 Å². The molecule has 0 bridgehead atoms. The quantitative estimate of drug-likeness (QED) is 0.746. The Morgan fingerprint density at radius 2 is 2.04 bits per heavy atom. The van der Waals surface area contributed by atoms with Crippen LogP contribution in [0.15, 0.2) is 40.9 Å². The van der Waals surface area contributed by atoms with Gasteiger partial charge < -0.3 is 14.8 Å². The van der Waals surface area contributed by atoms with Crippen LogP contribution in [0.1, 0.15) is 21.7 Å². The number of furan rings is 1. The SMILES string of the molecule is CNCc1cc2cc(-c3ccc(C(=O)O)cn3)cc(C(F)(F)F)c2o1. The van der Waals surface area contributed by atoms with E-state index in [4.69, 9.17) is 9.52 Å². The van der Waals surface area contributed by atoms with E-state index in [0.717, 1.165) is 12.3 Å². The third-order valence-corrected chi connectivity index (χ3v) is 3.63. The molecule has 2 aromatic heterocycles. The average Bonchev–Trinajstić information content (AvgIpc) is 2.95. The van der Waals surface area contributed by atoms with Crippen LogP contribution < -0.4 is 5.32 Å². The number of aromatic nitrogens is 1. The lowest BCUT2D eigenvalue weighted by Crippen LogP contribution is -2.06. The van der Waals surface area contributed by atoms with Crippen molar-refractivity contribution < 1.29 is 27.5 Å². The molecule has 8 heteroatoms. The molecule has 0 aliphatic rings. The molecule has 0 aliphatic heterocycles. The van der Waals surface area contributed by atoms with Gasteiger partial charge in [0, 0.05) is 17.1 Å². The van der Waals surface area contributed by atoms with Gasteiger partial charge in [-0.25, -0.2) is 4.79 Å². The first-order chi connectivity index (χ1) is 11.8. The number of hydrogen-bond donors (Lipinski definition) is 2. The first kappa shape index (κ1) is 17.0. The van der Waals surface area contributed by atoms with E-state index >= 15 is 0 Å². The molecule has 0 saturated carbocycles. The van der Waals surface area contributed by atoms with Crippen LogP contribution in [0, 0.1) is 0 Å². The number of alkyl halides is 3. The van der Waals surface area contributed by atoms with E-state index in [-0.39, 0.29) is 22.4 Å². The van der Waals surface area contributed by atoms with Gasteiger partial charge in [-0.2, -0.15) is 13.2 Å². The monoisotopic (exact) mass is 350 g/mol. The summed E-state index contributed by atoms with van der Waals surface area (Å²) in [6, 6.07) is 6.70. The third kappa shape index (κ3) is 3.34. The Morgan fingerprint density at radius 1 is 1.28 bits per heavy atom. The Kier molecular flexibility index (Phi) is 4.22. The van der Waals surface area contributed by atoms with Crippen molar-refractivity contribution in [2.45, 2.75) is 12.7 Å². The highest BCUT2D eigenvalue weighted by Gasteiger charge is 2.35. The first-order valence-corrected chi connectivity index (χ1v) is 7.27. The number of carboxylic acid groups (broad SMARTS) is 1. The number of benzene rings is 1. The van der Waals surface area contributed by atoms with Crippen molar-refractivity contribution in [1.82, 2.24) is 10.3 Å². The van der Waals surface area contributed by atoms with E-state index in [0.29, 0.717) is 17.7 Å². The maximum atomic E-state index is 13.4. The van der Waals surface area contributed by atoms with Crippen LogP contribution in [0.3, 0.4) is 0 Å². The van der Waals surface area contributed by atoms with Crippen LogP contribution in [0.2, 0.25) is 0 Å². The van der Waals surface area contributed by atoms with Gasteiger partial charge in [0.1, 0.15) is 11.3 Å². The predicted octanol–water partition coefficient (Wildman–Crippen LogP) is 3.93. The maximum absolute atomic E-state index is 13.4. The molecule has 0 amide bonds. The number of fused-ring (bicyclic) bond motifs is 1. The van der Waals surface area contributed by atoms with Gasteiger partial charge in [0.2, 0.25) is 0 Å². The highest BCUT2D eigenvalue weighted by atomic mass is 19.4. The largest absolute Gasteiger partial charge is 0.478 e. The summed E-state index contributed by atoms with van der Waals surface area (Å²) in [4.78, 5) is 14.8. The number of nitrogens with one attached hydrogen (secondary N) is 1. The molecule has 0 saturated heterocycles. The lowest BCUT2D eigenvalue weighted by molar-refractivity contribution is -0.136. The smallest absolute Gasteiger partial charge is 0.420 e. The van der Waals surface area contributed by atoms with Crippen LogP contribution in [0.4, 0.5) is 13.2 Å². The maximum Gasteiger partial charge on any atom is 0.420 e. The van der Waals surface area contributed by atoms with Crippen molar-refractivity contribution >= 4 is 16.9 Å². The number of pyridine rings is 1. The molecule has 0 fully saturated rings. The minimum Gasteiger partial charge on any atom is -0.478 e. The van der Waals surface area contributed by atoms with Crippen LogP contribution in [-0.2, 0) is 12.7 Å². The molecule has 2 heterocycles. The predicted molar refractivity (Wildman–Crippen MR) is 84.2 cm³/mol. The topological polar surface area (TPSA) is 75.4 Å².